The number of nitrogens with one attached hydrogen (secondary N) is 3. The lowest BCUT2D eigenvalue weighted by Gasteiger charge is -2.33. The van der Waals surface area contributed by atoms with Gasteiger partial charge in [0.05, 0.1) is 17.2 Å². The molecule has 1 fully saturated rings. The second-order valence-corrected chi connectivity index (χ2v) is 19.0. The molecule has 10 nitrogen and oxygen atoms in total. The summed E-state index contributed by atoms with van der Waals surface area (Å²) in [5.41, 5.74) is 1.31. The standard InChI is InChI=1S/C26H31ClIN5O5S3/c1-26(2)11-20-22(12-30-26)39-24(31-20)13-29-21(25(34)33-7-8-40(35,36)23(28)14-33)15-41(37,38)32-19-6-4-16-9-18(27)5-3-17(16)10-19/h3-6,9-10,21,23,29-30,32H,7-8,11-15H2,1-2H3. The molecule has 2 aliphatic rings. The second-order valence-electron chi connectivity index (χ2n) is 11.0. The molecule has 2 aromatic carbocycles. The number of rotatable bonds is 8. The van der Waals surface area contributed by atoms with Crippen LogP contribution < -0.4 is 15.4 Å². The summed E-state index contributed by atoms with van der Waals surface area (Å²) < 4.78 is 53.0. The van der Waals surface area contributed by atoms with Crippen LogP contribution in [0.4, 0.5) is 5.69 Å². The molecule has 2 aliphatic heterocycles. The number of nitrogens with zero attached hydrogens (tertiary/aromatic N) is 2. The van der Waals surface area contributed by atoms with E-state index in [1.807, 2.05) is 22.6 Å². The number of carbonyl (C=O) groups excluding carboxylic acids is 1. The zero-order valence-electron chi connectivity index (χ0n) is 22.5. The number of amides is 1. The van der Waals surface area contributed by atoms with Crippen molar-refractivity contribution in [2.75, 3.05) is 29.3 Å². The van der Waals surface area contributed by atoms with Gasteiger partial charge in [0.2, 0.25) is 15.9 Å². The minimum atomic E-state index is -3.99. The number of fused-ring (bicyclic) bond motifs is 2. The van der Waals surface area contributed by atoms with Gasteiger partial charge < -0.3 is 10.2 Å². The van der Waals surface area contributed by atoms with Gasteiger partial charge in [-0.15, -0.1) is 11.3 Å². The molecule has 1 amide bonds. The van der Waals surface area contributed by atoms with Crippen LogP contribution in [0, 0.1) is 0 Å². The predicted octanol–water partition coefficient (Wildman–Crippen LogP) is 3.29. The summed E-state index contributed by atoms with van der Waals surface area (Å²) >= 11 is 9.42. The number of sulfone groups is 1. The Hall–Kier alpha value is -1.56. The van der Waals surface area contributed by atoms with E-state index in [-0.39, 0.29) is 30.9 Å². The van der Waals surface area contributed by atoms with Crippen molar-refractivity contribution in [2.24, 2.45) is 0 Å². The molecule has 41 heavy (non-hydrogen) atoms. The third-order valence-corrected chi connectivity index (χ3v) is 14.2. The molecule has 0 aliphatic carbocycles. The molecule has 0 spiro atoms. The summed E-state index contributed by atoms with van der Waals surface area (Å²) in [7, 11) is -7.28. The lowest BCUT2D eigenvalue weighted by molar-refractivity contribution is -0.132. The molecule has 15 heteroatoms. The molecular formula is C26H31ClIN5O5S3. The molecule has 1 saturated heterocycles. The highest BCUT2D eigenvalue weighted by Gasteiger charge is 2.37. The number of alkyl halides is 1. The Morgan fingerprint density at radius 3 is 2.76 bits per heavy atom. The first kappa shape index (κ1) is 30.9. The number of sulfonamides is 1. The quantitative estimate of drug-likeness (QED) is 0.236. The van der Waals surface area contributed by atoms with Crippen molar-refractivity contribution in [2.45, 2.75) is 48.2 Å². The van der Waals surface area contributed by atoms with Gasteiger partial charge in [-0.2, -0.15) is 0 Å². The SMILES string of the molecule is CC1(C)Cc2nc(CNC(CS(=O)(=O)Nc3ccc4cc(Cl)ccc4c3)C(=O)N3CCS(=O)(=O)C(I)C3)sc2CN1. The summed E-state index contributed by atoms with van der Waals surface area (Å²) in [6, 6.07) is 9.35. The van der Waals surface area contributed by atoms with Gasteiger partial charge in [0, 0.05) is 53.7 Å². The summed E-state index contributed by atoms with van der Waals surface area (Å²) in [6.45, 7) is 5.17. The highest BCUT2D eigenvalue weighted by molar-refractivity contribution is 14.1. The van der Waals surface area contributed by atoms with Gasteiger partial charge in [-0.3, -0.25) is 14.8 Å². The van der Waals surface area contributed by atoms with E-state index in [4.69, 9.17) is 16.6 Å². The van der Waals surface area contributed by atoms with Crippen LogP contribution in [-0.2, 0) is 44.2 Å². The highest BCUT2D eigenvalue weighted by atomic mass is 127. The van der Waals surface area contributed by atoms with Crippen molar-refractivity contribution in [3.8, 4) is 0 Å². The third-order valence-electron chi connectivity index (χ3n) is 7.13. The van der Waals surface area contributed by atoms with Gasteiger partial charge in [0.15, 0.2) is 9.84 Å². The van der Waals surface area contributed by atoms with Crippen LogP contribution in [-0.4, -0.2) is 72.1 Å². The van der Waals surface area contributed by atoms with Crippen LogP contribution in [0.5, 0.6) is 0 Å². The average Bonchev–Trinajstić information content (AvgIpc) is 3.28. The van der Waals surface area contributed by atoms with Crippen LogP contribution in [0.25, 0.3) is 10.8 Å². The number of hydrogen-bond donors (Lipinski definition) is 3. The minimum Gasteiger partial charge on any atom is -0.338 e. The Balaban J connectivity index is 1.34. The maximum absolute atomic E-state index is 13.6. The Morgan fingerprint density at radius 2 is 2.00 bits per heavy atom. The van der Waals surface area contributed by atoms with Crippen LogP contribution in [0.3, 0.4) is 0 Å². The van der Waals surface area contributed by atoms with Crippen molar-refractivity contribution in [3.05, 3.63) is 57.0 Å². The molecule has 0 saturated carbocycles. The van der Waals surface area contributed by atoms with E-state index in [0.717, 1.165) is 32.8 Å². The van der Waals surface area contributed by atoms with Gasteiger partial charge in [0.25, 0.3) is 0 Å². The number of thiazole rings is 1. The monoisotopic (exact) mass is 751 g/mol. The zero-order chi connectivity index (χ0) is 29.6. The van der Waals surface area contributed by atoms with Crippen molar-refractivity contribution in [1.82, 2.24) is 20.5 Å². The first-order valence-corrected chi connectivity index (χ1v) is 18.8. The minimum absolute atomic E-state index is 0.00686. The molecule has 3 aromatic rings. The van der Waals surface area contributed by atoms with Gasteiger partial charge in [-0.05, 0) is 48.9 Å². The fourth-order valence-corrected chi connectivity index (χ4v) is 9.70. The smallest absolute Gasteiger partial charge is 0.240 e. The van der Waals surface area contributed by atoms with E-state index in [2.05, 4.69) is 29.2 Å². The number of aromatic nitrogens is 1. The topological polar surface area (TPSA) is 138 Å². The normalized spacial score (nSPS) is 20.9. The largest absolute Gasteiger partial charge is 0.338 e. The summed E-state index contributed by atoms with van der Waals surface area (Å²) in [6.07, 6.45) is 0.775. The molecular weight excluding hydrogens is 721 g/mol. The van der Waals surface area contributed by atoms with Crippen LogP contribution in [0.2, 0.25) is 5.02 Å². The number of halogens is 2. The van der Waals surface area contributed by atoms with Crippen molar-refractivity contribution in [1.29, 1.82) is 0 Å². The fraction of sp³-hybridized carbons (Fsp3) is 0.462. The molecule has 3 N–H and O–H groups in total. The Labute approximate surface area is 262 Å². The van der Waals surface area contributed by atoms with Gasteiger partial charge in [0.1, 0.15) is 14.3 Å². The Kier molecular flexibility index (Phi) is 8.92. The average molecular weight is 752 g/mol. The third kappa shape index (κ3) is 7.51. The molecule has 2 unspecified atom stereocenters. The number of hydrogen-bond acceptors (Lipinski definition) is 9. The fourth-order valence-electron chi connectivity index (χ4n) is 4.90. The predicted molar refractivity (Wildman–Crippen MR) is 172 cm³/mol. The van der Waals surface area contributed by atoms with Crippen LogP contribution >= 0.6 is 45.5 Å². The lowest BCUT2D eigenvalue weighted by Crippen LogP contribution is -2.55. The van der Waals surface area contributed by atoms with Gasteiger partial charge in [-0.25, -0.2) is 21.8 Å². The van der Waals surface area contributed by atoms with Crippen molar-refractivity contribution < 1.29 is 21.6 Å². The summed E-state index contributed by atoms with van der Waals surface area (Å²) in [5.74, 6) is -1.14. The molecule has 1 aromatic heterocycles. The van der Waals surface area contributed by atoms with E-state index < -0.39 is 40.8 Å². The molecule has 0 radical (unpaired) electrons. The molecule has 222 valence electrons. The van der Waals surface area contributed by atoms with E-state index in [0.29, 0.717) is 17.3 Å². The van der Waals surface area contributed by atoms with Gasteiger partial charge in [-0.1, -0.05) is 46.3 Å². The number of anilines is 1. The zero-order valence-corrected chi connectivity index (χ0v) is 27.8. The van der Waals surface area contributed by atoms with Gasteiger partial charge >= 0.3 is 0 Å². The van der Waals surface area contributed by atoms with Crippen LogP contribution in [0.1, 0.15) is 29.4 Å². The van der Waals surface area contributed by atoms with E-state index >= 15 is 0 Å². The van der Waals surface area contributed by atoms with Crippen LogP contribution in [0.15, 0.2) is 36.4 Å². The first-order chi connectivity index (χ1) is 19.2. The summed E-state index contributed by atoms with van der Waals surface area (Å²) in [4.78, 5) is 20.9. The number of carbonyl (C=O) groups is 1. The maximum Gasteiger partial charge on any atom is 0.240 e. The van der Waals surface area contributed by atoms with Crippen molar-refractivity contribution in [3.63, 3.8) is 0 Å². The molecule has 2 atom stereocenters. The van der Waals surface area contributed by atoms with E-state index in [1.54, 1.807) is 36.4 Å². The van der Waals surface area contributed by atoms with E-state index in [9.17, 15) is 21.6 Å². The maximum atomic E-state index is 13.6. The van der Waals surface area contributed by atoms with E-state index in [1.165, 1.54) is 16.2 Å². The first-order valence-electron chi connectivity index (χ1n) is 13.0. The Morgan fingerprint density at radius 1 is 1.27 bits per heavy atom. The molecule has 0 bridgehead atoms. The molecule has 3 heterocycles. The number of benzene rings is 2. The molecule has 5 rings (SSSR count). The summed E-state index contributed by atoms with van der Waals surface area (Å²) in [5, 5.41) is 9.63. The van der Waals surface area contributed by atoms with Crippen molar-refractivity contribution >= 4 is 87.8 Å². The second kappa shape index (κ2) is 11.8. The highest BCUT2D eigenvalue weighted by Crippen LogP contribution is 2.28. The lowest BCUT2D eigenvalue weighted by atomic mass is 9.94. The Bertz CT molecular complexity index is 1700.